The average Bonchev–Trinajstić information content (AvgIpc) is 2.61. The van der Waals surface area contributed by atoms with Crippen LogP contribution in [0.15, 0.2) is 36.4 Å². The van der Waals surface area contributed by atoms with Gasteiger partial charge in [-0.05, 0) is 54.7 Å². The van der Waals surface area contributed by atoms with E-state index in [9.17, 15) is 18.0 Å². The van der Waals surface area contributed by atoms with Gasteiger partial charge in [-0.2, -0.15) is 13.2 Å². The van der Waals surface area contributed by atoms with E-state index in [1.165, 1.54) is 0 Å². The highest BCUT2D eigenvalue weighted by molar-refractivity contribution is 5.86. The van der Waals surface area contributed by atoms with Gasteiger partial charge in [0.1, 0.15) is 5.75 Å². The van der Waals surface area contributed by atoms with Crippen LogP contribution in [0.1, 0.15) is 44.1 Å². The molecule has 0 unspecified atom stereocenters. The van der Waals surface area contributed by atoms with Gasteiger partial charge in [0.15, 0.2) is 0 Å². The van der Waals surface area contributed by atoms with Crippen LogP contribution >= 0.6 is 0 Å². The van der Waals surface area contributed by atoms with E-state index in [-0.39, 0.29) is 19.0 Å². The Balaban J connectivity index is 1.85. The van der Waals surface area contributed by atoms with Gasteiger partial charge in [0.05, 0.1) is 19.6 Å². The predicted molar refractivity (Wildman–Crippen MR) is 94.4 cm³/mol. The fraction of sp³-hybridized carbons (Fsp3) is 0.450. The summed E-state index contributed by atoms with van der Waals surface area (Å²) in [5.41, 5.74) is 0.838. The normalized spacial score (nSPS) is 12.8. The smallest absolute Gasteiger partial charge is 0.389 e. The van der Waals surface area contributed by atoms with Crippen LogP contribution in [0.3, 0.4) is 0 Å². The standard InChI is InChI=1S/C20H23F3O3/c1-14(19(24)26-11-5-3-4-10-20(21,22)23)15-6-7-17-13-18(25-2)9-8-16(17)12-15/h6-9,12-14H,3-5,10-11H2,1-2H3/t14-/m0/s1. The van der Waals surface area contributed by atoms with Crippen molar-refractivity contribution >= 4 is 16.7 Å². The Labute approximate surface area is 151 Å². The van der Waals surface area contributed by atoms with Gasteiger partial charge in [0.25, 0.3) is 0 Å². The third-order valence-corrected chi connectivity index (χ3v) is 4.27. The van der Waals surface area contributed by atoms with E-state index in [0.717, 1.165) is 22.1 Å². The number of halogens is 3. The molecule has 2 aromatic carbocycles. The molecule has 2 rings (SSSR count). The molecule has 0 amide bonds. The van der Waals surface area contributed by atoms with E-state index in [4.69, 9.17) is 9.47 Å². The second kappa shape index (κ2) is 8.92. The van der Waals surface area contributed by atoms with E-state index in [1.54, 1.807) is 14.0 Å². The Morgan fingerprint density at radius 2 is 1.73 bits per heavy atom. The molecular weight excluding hydrogens is 345 g/mol. The maximum atomic E-state index is 12.1. The van der Waals surface area contributed by atoms with Gasteiger partial charge >= 0.3 is 12.1 Å². The SMILES string of the molecule is COc1ccc2cc([C@H](C)C(=O)OCCCCCC(F)(F)F)ccc2c1. The first-order chi connectivity index (χ1) is 12.3. The molecular formula is C20H23F3O3. The molecule has 0 bridgehead atoms. The molecule has 1 atom stereocenters. The molecule has 0 fully saturated rings. The Hall–Kier alpha value is -2.24. The quantitative estimate of drug-likeness (QED) is 0.448. The van der Waals surface area contributed by atoms with Gasteiger partial charge in [0, 0.05) is 6.42 Å². The number of ether oxygens (including phenoxy) is 2. The molecule has 2 aromatic rings. The molecule has 6 heteroatoms. The van der Waals surface area contributed by atoms with Crippen molar-refractivity contribution in [1.82, 2.24) is 0 Å². The number of benzene rings is 2. The lowest BCUT2D eigenvalue weighted by atomic mass is 9.98. The van der Waals surface area contributed by atoms with Crippen LogP contribution in [0, 0.1) is 0 Å². The van der Waals surface area contributed by atoms with Crippen LogP contribution < -0.4 is 4.74 Å². The summed E-state index contributed by atoms with van der Waals surface area (Å²) in [4.78, 5) is 12.1. The number of methoxy groups -OCH3 is 1. The van der Waals surface area contributed by atoms with Crippen LogP contribution in [-0.2, 0) is 9.53 Å². The van der Waals surface area contributed by atoms with E-state index in [2.05, 4.69) is 0 Å². The van der Waals surface area contributed by atoms with Crippen molar-refractivity contribution in [3.05, 3.63) is 42.0 Å². The molecule has 26 heavy (non-hydrogen) atoms. The molecule has 0 aliphatic rings. The first kappa shape index (κ1) is 20.1. The summed E-state index contributed by atoms with van der Waals surface area (Å²) in [5, 5.41) is 2.01. The van der Waals surface area contributed by atoms with Gasteiger partial charge in [-0.3, -0.25) is 4.79 Å². The molecule has 0 saturated carbocycles. The second-order valence-electron chi connectivity index (χ2n) is 6.29. The number of alkyl halides is 3. The summed E-state index contributed by atoms with van der Waals surface area (Å²) in [7, 11) is 1.61. The highest BCUT2D eigenvalue weighted by Gasteiger charge is 2.25. The highest BCUT2D eigenvalue weighted by Crippen LogP contribution is 2.26. The highest BCUT2D eigenvalue weighted by atomic mass is 19.4. The van der Waals surface area contributed by atoms with Crippen LogP contribution in [-0.4, -0.2) is 25.9 Å². The minimum atomic E-state index is -4.12. The first-order valence-electron chi connectivity index (χ1n) is 8.61. The van der Waals surface area contributed by atoms with Crippen molar-refractivity contribution in [2.24, 2.45) is 0 Å². The van der Waals surface area contributed by atoms with Crippen LogP contribution in [0.2, 0.25) is 0 Å². The number of carbonyl (C=O) groups excluding carboxylic acids is 1. The Bertz CT molecular complexity index is 741. The third-order valence-electron chi connectivity index (χ3n) is 4.27. The number of rotatable bonds is 8. The van der Waals surface area contributed by atoms with Gasteiger partial charge in [0.2, 0.25) is 0 Å². The van der Waals surface area contributed by atoms with Crippen LogP contribution in [0.4, 0.5) is 13.2 Å². The van der Waals surface area contributed by atoms with E-state index in [0.29, 0.717) is 12.8 Å². The summed E-state index contributed by atoms with van der Waals surface area (Å²) in [6, 6.07) is 11.4. The number of esters is 1. The van der Waals surface area contributed by atoms with E-state index in [1.807, 2.05) is 36.4 Å². The minimum Gasteiger partial charge on any atom is -0.497 e. The summed E-state index contributed by atoms with van der Waals surface area (Å²) in [5.74, 6) is -0.0337. The fourth-order valence-electron chi connectivity index (χ4n) is 2.68. The largest absolute Gasteiger partial charge is 0.497 e. The van der Waals surface area contributed by atoms with Crippen molar-refractivity contribution in [1.29, 1.82) is 0 Å². The molecule has 3 nitrogen and oxygen atoms in total. The molecule has 0 N–H and O–H groups in total. The zero-order valence-electron chi connectivity index (χ0n) is 14.9. The van der Waals surface area contributed by atoms with Gasteiger partial charge in [-0.1, -0.05) is 24.3 Å². The molecule has 0 radical (unpaired) electrons. The van der Waals surface area contributed by atoms with E-state index >= 15 is 0 Å². The average molecular weight is 368 g/mol. The molecule has 0 aliphatic heterocycles. The number of hydrogen-bond donors (Lipinski definition) is 0. The predicted octanol–water partition coefficient (Wildman–Crippen LogP) is 5.62. The number of fused-ring (bicyclic) bond motifs is 1. The Morgan fingerprint density at radius 1 is 1.04 bits per heavy atom. The lowest BCUT2D eigenvalue weighted by Gasteiger charge is -2.13. The zero-order chi connectivity index (χ0) is 19.2. The number of hydrogen-bond acceptors (Lipinski definition) is 3. The molecule has 0 heterocycles. The first-order valence-corrected chi connectivity index (χ1v) is 8.61. The maximum Gasteiger partial charge on any atom is 0.389 e. The lowest BCUT2D eigenvalue weighted by molar-refractivity contribution is -0.145. The molecule has 0 aromatic heterocycles. The van der Waals surface area contributed by atoms with Crippen molar-refractivity contribution in [3.63, 3.8) is 0 Å². The number of unbranched alkanes of at least 4 members (excludes halogenated alkanes) is 2. The summed E-state index contributed by atoms with van der Waals surface area (Å²) in [6.07, 6.45) is -4.03. The van der Waals surface area contributed by atoms with Crippen molar-refractivity contribution in [2.45, 2.75) is 44.7 Å². The van der Waals surface area contributed by atoms with Gasteiger partial charge < -0.3 is 9.47 Å². The van der Waals surface area contributed by atoms with Gasteiger partial charge in [-0.25, -0.2) is 0 Å². The molecule has 0 spiro atoms. The maximum absolute atomic E-state index is 12.1. The Morgan fingerprint density at radius 3 is 2.42 bits per heavy atom. The van der Waals surface area contributed by atoms with Gasteiger partial charge in [-0.15, -0.1) is 0 Å². The monoisotopic (exact) mass is 368 g/mol. The summed E-state index contributed by atoms with van der Waals surface area (Å²) < 4.78 is 46.5. The van der Waals surface area contributed by atoms with Crippen LogP contribution in [0.5, 0.6) is 5.75 Å². The summed E-state index contributed by atoms with van der Waals surface area (Å²) >= 11 is 0. The fourth-order valence-corrected chi connectivity index (χ4v) is 2.68. The van der Waals surface area contributed by atoms with Crippen LogP contribution in [0.25, 0.3) is 10.8 Å². The molecule has 0 saturated heterocycles. The van der Waals surface area contributed by atoms with Crippen molar-refractivity contribution < 1.29 is 27.4 Å². The second-order valence-corrected chi connectivity index (χ2v) is 6.29. The molecule has 142 valence electrons. The topological polar surface area (TPSA) is 35.5 Å². The molecule has 0 aliphatic carbocycles. The Kier molecular flexibility index (Phi) is 6.89. The van der Waals surface area contributed by atoms with Crippen molar-refractivity contribution in [2.75, 3.05) is 13.7 Å². The lowest BCUT2D eigenvalue weighted by Crippen LogP contribution is -2.14. The zero-order valence-corrected chi connectivity index (χ0v) is 14.9. The minimum absolute atomic E-state index is 0.0603. The summed E-state index contributed by atoms with van der Waals surface area (Å²) in [6.45, 7) is 1.91. The third kappa shape index (κ3) is 5.93. The number of carbonyl (C=O) groups is 1. The van der Waals surface area contributed by atoms with E-state index < -0.39 is 18.5 Å². The van der Waals surface area contributed by atoms with Crippen molar-refractivity contribution in [3.8, 4) is 5.75 Å².